The minimum atomic E-state index is -3.86. The van der Waals surface area contributed by atoms with Gasteiger partial charge < -0.3 is 27.5 Å². The molecule has 4 fully saturated rings. The van der Waals surface area contributed by atoms with Crippen molar-refractivity contribution in [3.05, 3.63) is 78.4 Å². The SMILES string of the molecule is CC[Si](CC)(CC)O[C@@H](CCc1ccccc1)CC([C@@H]1[C@@H](CC=CCCCC23OCC(C)(CO2)CO3)[C@@H](O[Si](CC)(CC)CC)C[C@H]1O[Si](CC)(CC)CC)S(=O)(=O)c1ccccc1. The number of hydrogen-bond donors (Lipinski definition) is 0. The predicted molar refractivity (Wildman–Crippen MR) is 271 cm³/mol. The van der Waals surface area contributed by atoms with Crippen LogP contribution >= 0.6 is 0 Å². The minimum Gasteiger partial charge on any atom is -0.414 e. The first-order valence-corrected chi connectivity index (χ1v) is 34.8. The number of rotatable bonds is 29. The molecule has 0 N–H and O–H groups in total. The quantitative estimate of drug-likeness (QED) is 0.0453. The van der Waals surface area contributed by atoms with E-state index in [0.29, 0.717) is 37.6 Å². The van der Waals surface area contributed by atoms with E-state index in [-0.39, 0.29) is 35.6 Å². The Kier molecular flexibility index (Phi) is 20.2. The lowest BCUT2D eigenvalue weighted by Gasteiger charge is -2.50. The Balaban J connectivity index is 1.60. The van der Waals surface area contributed by atoms with Gasteiger partial charge in [-0.25, -0.2) is 8.42 Å². The van der Waals surface area contributed by atoms with Gasteiger partial charge in [-0.1, -0.05) is 130 Å². The van der Waals surface area contributed by atoms with E-state index in [9.17, 15) is 0 Å². The Bertz CT molecular complexity index is 1750. The number of fused-ring (bicyclic) bond motifs is 3. The number of aryl methyl sites for hydroxylation is 1. The van der Waals surface area contributed by atoms with Crippen molar-refractivity contribution in [2.75, 3.05) is 19.8 Å². The molecule has 6 atom stereocenters. The molecule has 0 radical (unpaired) electrons. The molecule has 3 heterocycles. The van der Waals surface area contributed by atoms with E-state index in [1.54, 1.807) is 12.1 Å². The van der Waals surface area contributed by atoms with Crippen molar-refractivity contribution in [1.29, 1.82) is 0 Å². The number of sulfone groups is 1. The largest absolute Gasteiger partial charge is 0.414 e. The fourth-order valence-corrected chi connectivity index (χ4v) is 21.9. The first kappa shape index (κ1) is 53.5. The number of hydrogen-bond acceptors (Lipinski definition) is 8. The minimum absolute atomic E-state index is 0.0400. The lowest BCUT2D eigenvalue weighted by Crippen LogP contribution is -2.58. The summed E-state index contributed by atoms with van der Waals surface area (Å²) in [5.74, 6) is -1.24. The highest BCUT2D eigenvalue weighted by atomic mass is 32.2. The smallest absolute Gasteiger partial charge is 0.282 e. The van der Waals surface area contributed by atoms with Gasteiger partial charge in [0.15, 0.2) is 34.8 Å². The summed E-state index contributed by atoms with van der Waals surface area (Å²) in [7, 11) is -10.3. The third-order valence-corrected chi connectivity index (χ3v) is 32.5. The predicted octanol–water partition coefficient (Wildman–Crippen LogP) is 13.5. The monoisotopic (exact) mass is 957 g/mol. The summed E-state index contributed by atoms with van der Waals surface area (Å²) < 4.78 is 72.7. The number of ether oxygens (including phenoxy) is 3. The summed E-state index contributed by atoms with van der Waals surface area (Å²) in [4.78, 5) is 0.394. The molecule has 8 nitrogen and oxygen atoms in total. The molecule has 362 valence electrons. The molecule has 0 amide bonds. The van der Waals surface area contributed by atoms with Gasteiger partial charge in [-0.15, -0.1) is 0 Å². The van der Waals surface area contributed by atoms with Crippen LogP contribution in [0.5, 0.6) is 0 Å². The van der Waals surface area contributed by atoms with Crippen LogP contribution in [0.2, 0.25) is 54.4 Å². The Morgan fingerprint density at radius 1 is 0.688 bits per heavy atom. The fraction of sp³-hybridized carbons (Fsp3) is 0.731. The zero-order chi connectivity index (χ0) is 46.5. The van der Waals surface area contributed by atoms with E-state index in [1.807, 2.05) is 18.2 Å². The second-order valence-electron chi connectivity index (χ2n) is 19.9. The number of benzene rings is 2. The van der Waals surface area contributed by atoms with Crippen LogP contribution < -0.4 is 0 Å². The van der Waals surface area contributed by atoms with Crippen molar-refractivity contribution in [2.45, 2.75) is 209 Å². The molecule has 1 unspecified atom stereocenters. The lowest BCUT2D eigenvalue weighted by molar-refractivity contribution is -0.467. The molecule has 2 bridgehead atoms. The van der Waals surface area contributed by atoms with Crippen molar-refractivity contribution < 1.29 is 35.9 Å². The summed E-state index contributed by atoms with van der Waals surface area (Å²) in [6.07, 6.45) is 9.99. The highest BCUT2D eigenvalue weighted by Crippen LogP contribution is 2.49. The molecule has 4 aliphatic rings. The van der Waals surface area contributed by atoms with Crippen molar-refractivity contribution in [2.24, 2.45) is 17.3 Å². The van der Waals surface area contributed by atoms with E-state index in [2.05, 4.69) is 112 Å². The van der Waals surface area contributed by atoms with Crippen LogP contribution in [0.4, 0.5) is 0 Å². The topological polar surface area (TPSA) is 89.5 Å². The number of allylic oxidation sites excluding steroid dienone is 2. The average molecular weight is 958 g/mol. The molecule has 1 aliphatic carbocycles. The van der Waals surface area contributed by atoms with Crippen LogP contribution in [0.15, 0.2) is 77.7 Å². The molecule has 3 saturated heterocycles. The van der Waals surface area contributed by atoms with E-state index in [1.165, 1.54) is 5.56 Å². The Labute approximate surface area is 393 Å². The van der Waals surface area contributed by atoms with Crippen molar-refractivity contribution in [3.8, 4) is 0 Å². The maximum absolute atomic E-state index is 15.8. The third-order valence-electron chi connectivity index (χ3n) is 16.2. The van der Waals surface area contributed by atoms with Crippen molar-refractivity contribution >= 4 is 34.8 Å². The van der Waals surface area contributed by atoms with Gasteiger partial charge in [0.2, 0.25) is 0 Å². The molecule has 3 aliphatic heterocycles. The van der Waals surface area contributed by atoms with Crippen LogP contribution in [0, 0.1) is 17.3 Å². The number of unbranched alkanes of at least 4 members (excludes halogenated alkanes) is 1. The summed E-state index contributed by atoms with van der Waals surface area (Å²) >= 11 is 0. The zero-order valence-electron chi connectivity index (χ0n) is 41.7. The van der Waals surface area contributed by atoms with Crippen LogP contribution in [0.25, 0.3) is 0 Å². The highest BCUT2D eigenvalue weighted by Gasteiger charge is 2.55. The van der Waals surface area contributed by atoms with Gasteiger partial charge in [-0.3, -0.25) is 0 Å². The van der Waals surface area contributed by atoms with E-state index >= 15 is 8.42 Å². The van der Waals surface area contributed by atoms with Gasteiger partial charge >= 0.3 is 0 Å². The maximum atomic E-state index is 15.8. The Morgan fingerprint density at radius 3 is 1.70 bits per heavy atom. The highest BCUT2D eigenvalue weighted by molar-refractivity contribution is 7.92. The normalized spacial score (nSPS) is 26.5. The summed E-state index contributed by atoms with van der Waals surface area (Å²) in [6.45, 7) is 24.7. The second kappa shape index (κ2) is 24.2. The molecule has 64 heavy (non-hydrogen) atoms. The van der Waals surface area contributed by atoms with Gasteiger partial charge in [0.05, 0.1) is 42.2 Å². The molecule has 12 heteroatoms. The molecule has 1 saturated carbocycles. The van der Waals surface area contributed by atoms with Crippen molar-refractivity contribution in [3.63, 3.8) is 0 Å². The van der Waals surface area contributed by atoms with E-state index in [4.69, 9.17) is 27.5 Å². The molecular formula is C52H88O8SSi3. The van der Waals surface area contributed by atoms with Crippen LogP contribution in [-0.4, -0.2) is 82.7 Å². The molecular weight excluding hydrogens is 869 g/mol. The van der Waals surface area contributed by atoms with E-state index < -0.39 is 46.0 Å². The van der Waals surface area contributed by atoms with Gasteiger partial charge in [0.25, 0.3) is 5.97 Å². The average Bonchev–Trinajstić information content (AvgIpc) is 3.66. The van der Waals surface area contributed by atoms with Crippen LogP contribution in [0.3, 0.4) is 0 Å². The molecule has 2 aromatic carbocycles. The Hall–Kier alpha value is -1.46. The molecule has 0 aromatic heterocycles. The van der Waals surface area contributed by atoms with Gasteiger partial charge in [-0.05, 0) is 123 Å². The Morgan fingerprint density at radius 2 is 1.19 bits per heavy atom. The standard InChI is InChI=1S/C52H88O8SSi3/c1-11-62(12-2,13-3)58-44(36-35-43-30-24-22-25-31-43)38-49(61(53,54)45-32-26-23-27-33-45)50-46(34-28-20-21-29-37-52-55-40-51(10,41-56-52)42-57-52)47(59-63(14-4,15-5)16-6)39-48(50)60-64(17-7,18-8)19-9/h20,22-28,30-33,44,46-50H,11-19,21,29,34-42H2,1-10H3/t44-,46-,47-,48+,49?,50+,51?,52?/m0/s1. The molecule has 6 rings (SSSR count). The van der Waals surface area contributed by atoms with Gasteiger partial charge in [0, 0.05) is 23.9 Å². The summed E-state index contributed by atoms with van der Waals surface area (Å²) in [5.41, 5.74) is 1.20. The summed E-state index contributed by atoms with van der Waals surface area (Å²) in [6, 6.07) is 29.1. The van der Waals surface area contributed by atoms with E-state index in [0.717, 1.165) is 92.9 Å². The molecule has 0 spiro atoms. The fourth-order valence-electron chi connectivity index (χ4n) is 11.0. The second-order valence-corrected chi connectivity index (χ2v) is 36.2. The zero-order valence-corrected chi connectivity index (χ0v) is 45.5. The van der Waals surface area contributed by atoms with Gasteiger partial charge in [0.1, 0.15) is 0 Å². The lowest BCUT2D eigenvalue weighted by atomic mass is 9.85. The maximum Gasteiger partial charge on any atom is 0.282 e. The summed E-state index contributed by atoms with van der Waals surface area (Å²) in [5, 5.41) is -0.711. The van der Waals surface area contributed by atoms with Crippen LogP contribution in [-0.2, 0) is 43.7 Å². The van der Waals surface area contributed by atoms with Crippen LogP contribution in [0.1, 0.15) is 120 Å². The third kappa shape index (κ3) is 13.0. The molecule has 2 aromatic rings. The van der Waals surface area contributed by atoms with Gasteiger partial charge in [-0.2, -0.15) is 0 Å². The first-order chi connectivity index (χ1) is 30.7. The first-order valence-electron chi connectivity index (χ1n) is 25.6. The van der Waals surface area contributed by atoms with Crippen molar-refractivity contribution in [1.82, 2.24) is 0 Å².